The molecule has 10 heteroatoms. The summed E-state index contributed by atoms with van der Waals surface area (Å²) in [4.78, 5) is 15.6. The van der Waals surface area contributed by atoms with E-state index in [2.05, 4.69) is 32.7 Å². The van der Waals surface area contributed by atoms with Gasteiger partial charge in [0.2, 0.25) is 0 Å². The molecule has 4 aromatic rings. The first-order chi connectivity index (χ1) is 16.9. The number of hydrogen-bond donors (Lipinski definition) is 2. The maximum atomic E-state index is 15.5. The number of rotatable bonds is 6. The molecule has 0 unspecified atom stereocenters. The number of fused-ring (bicyclic) bond motifs is 2. The Morgan fingerprint density at radius 3 is 2.60 bits per heavy atom. The number of methoxy groups -OCH3 is 1. The molecule has 0 radical (unpaired) electrons. The summed E-state index contributed by atoms with van der Waals surface area (Å²) in [6.45, 7) is 4.67. The first-order valence-electron chi connectivity index (χ1n) is 11.8. The molecule has 0 atom stereocenters. The summed E-state index contributed by atoms with van der Waals surface area (Å²) < 4.78 is 24.3. The SMILES string of the molecule is CCNC1CCN(c2cc(F)c(C(=O)Nc3cc4cn(C)nc4cc3OC)c3nn(C)cc23)CC1. The zero-order valence-electron chi connectivity index (χ0n) is 20.4. The van der Waals surface area contributed by atoms with Gasteiger partial charge in [0, 0.05) is 62.5 Å². The fourth-order valence-corrected chi connectivity index (χ4v) is 4.96. The van der Waals surface area contributed by atoms with Crippen LogP contribution < -0.4 is 20.3 Å². The molecule has 184 valence electrons. The molecule has 2 aromatic heterocycles. The average Bonchev–Trinajstić information content (AvgIpc) is 3.39. The lowest BCUT2D eigenvalue weighted by molar-refractivity contribution is 0.102. The molecule has 9 nitrogen and oxygen atoms in total. The third-order valence-corrected chi connectivity index (χ3v) is 6.59. The molecular weight excluding hydrogens is 449 g/mol. The fraction of sp³-hybridized carbons (Fsp3) is 0.400. The molecule has 1 aliphatic rings. The van der Waals surface area contributed by atoms with E-state index in [1.165, 1.54) is 13.2 Å². The van der Waals surface area contributed by atoms with Gasteiger partial charge < -0.3 is 20.3 Å². The van der Waals surface area contributed by atoms with Crippen LogP contribution in [0.15, 0.2) is 30.6 Å². The highest BCUT2D eigenvalue weighted by molar-refractivity contribution is 6.15. The normalized spacial score (nSPS) is 14.7. The van der Waals surface area contributed by atoms with Gasteiger partial charge in [0.1, 0.15) is 22.6 Å². The lowest BCUT2D eigenvalue weighted by atomic mass is 10.0. The molecule has 0 spiro atoms. The number of aryl methyl sites for hydroxylation is 2. The minimum Gasteiger partial charge on any atom is -0.494 e. The van der Waals surface area contributed by atoms with Gasteiger partial charge in [0.15, 0.2) is 0 Å². The summed E-state index contributed by atoms with van der Waals surface area (Å²) >= 11 is 0. The topological polar surface area (TPSA) is 89.2 Å². The molecule has 1 amide bonds. The lowest BCUT2D eigenvalue weighted by Crippen LogP contribution is -2.42. The van der Waals surface area contributed by atoms with Crippen LogP contribution in [0.5, 0.6) is 5.75 Å². The summed E-state index contributed by atoms with van der Waals surface area (Å²) in [5, 5.41) is 16.8. The Labute approximate surface area is 202 Å². The third kappa shape index (κ3) is 4.29. The number of anilines is 2. The van der Waals surface area contributed by atoms with Gasteiger partial charge in [-0.15, -0.1) is 0 Å². The number of carbonyl (C=O) groups excluding carboxylic acids is 1. The van der Waals surface area contributed by atoms with Crippen molar-refractivity contribution in [2.24, 2.45) is 14.1 Å². The minimum atomic E-state index is -0.598. The molecule has 35 heavy (non-hydrogen) atoms. The monoisotopic (exact) mass is 479 g/mol. The van der Waals surface area contributed by atoms with Crippen LogP contribution in [0.3, 0.4) is 0 Å². The van der Waals surface area contributed by atoms with E-state index >= 15 is 4.39 Å². The van der Waals surface area contributed by atoms with Crippen molar-refractivity contribution in [2.45, 2.75) is 25.8 Å². The number of piperidine rings is 1. The summed E-state index contributed by atoms with van der Waals surface area (Å²) in [6, 6.07) is 5.46. The largest absolute Gasteiger partial charge is 0.494 e. The second-order valence-corrected chi connectivity index (χ2v) is 9.00. The molecule has 1 fully saturated rings. The van der Waals surface area contributed by atoms with Gasteiger partial charge in [0.05, 0.1) is 24.0 Å². The van der Waals surface area contributed by atoms with Gasteiger partial charge in [0.25, 0.3) is 5.91 Å². The highest BCUT2D eigenvalue weighted by Gasteiger charge is 2.26. The second kappa shape index (κ2) is 9.18. The Hall–Kier alpha value is -3.66. The highest BCUT2D eigenvalue weighted by atomic mass is 19.1. The van der Waals surface area contributed by atoms with Crippen LogP contribution in [0.2, 0.25) is 0 Å². The fourth-order valence-electron chi connectivity index (χ4n) is 4.96. The van der Waals surface area contributed by atoms with E-state index in [9.17, 15) is 4.79 Å². The van der Waals surface area contributed by atoms with Crippen molar-refractivity contribution < 1.29 is 13.9 Å². The Balaban J connectivity index is 1.49. The number of ether oxygens (including phenoxy) is 1. The van der Waals surface area contributed by atoms with Gasteiger partial charge in [-0.3, -0.25) is 14.2 Å². The Bertz CT molecular complexity index is 1400. The number of amides is 1. The van der Waals surface area contributed by atoms with Gasteiger partial charge in [-0.05, 0) is 31.5 Å². The van der Waals surface area contributed by atoms with E-state index in [1.807, 2.05) is 19.4 Å². The summed E-state index contributed by atoms with van der Waals surface area (Å²) in [5.41, 5.74) is 2.21. The van der Waals surface area contributed by atoms with Crippen LogP contribution >= 0.6 is 0 Å². The van der Waals surface area contributed by atoms with Gasteiger partial charge in [-0.25, -0.2) is 4.39 Å². The molecular formula is C25H30FN7O2. The smallest absolute Gasteiger partial charge is 0.261 e. The van der Waals surface area contributed by atoms with Crippen LogP contribution in [0.1, 0.15) is 30.1 Å². The van der Waals surface area contributed by atoms with Crippen LogP contribution in [-0.4, -0.2) is 58.3 Å². The molecule has 3 heterocycles. The Morgan fingerprint density at radius 1 is 1.14 bits per heavy atom. The molecule has 2 N–H and O–H groups in total. The van der Waals surface area contributed by atoms with Crippen LogP contribution in [0.4, 0.5) is 15.8 Å². The lowest BCUT2D eigenvalue weighted by Gasteiger charge is -2.34. The van der Waals surface area contributed by atoms with Crippen LogP contribution in [-0.2, 0) is 14.1 Å². The molecule has 5 rings (SSSR count). The summed E-state index contributed by atoms with van der Waals surface area (Å²) in [6.07, 6.45) is 5.65. The highest BCUT2D eigenvalue weighted by Crippen LogP contribution is 2.35. The number of carbonyl (C=O) groups is 1. The van der Waals surface area contributed by atoms with Gasteiger partial charge >= 0.3 is 0 Å². The predicted molar refractivity (Wildman–Crippen MR) is 135 cm³/mol. The number of hydrogen-bond acceptors (Lipinski definition) is 6. The van der Waals surface area contributed by atoms with E-state index in [4.69, 9.17) is 4.74 Å². The number of nitrogens with one attached hydrogen (secondary N) is 2. The second-order valence-electron chi connectivity index (χ2n) is 9.00. The molecule has 1 aliphatic heterocycles. The van der Waals surface area contributed by atoms with Gasteiger partial charge in [-0.1, -0.05) is 6.92 Å². The molecule has 2 aromatic carbocycles. The maximum Gasteiger partial charge on any atom is 0.261 e. The van der Waals surface area contributed by atoms with E-state index in [0.29, 0.717) is 23.0 Å². The van der Waals surface area contributed by atoms with E-state index in [-0.39, 0.29) is 5.56 Å². The molecule has 0 saturated carbocycles. The summed E-state index contributed by atoms with van der Waals surface area (Å²) in [7, 11) is 5.12. The van der Waals surface area contributed by atoms with E-state index in [1.54, 1.807) is 28.5 Å². The third-order valence-electron chi connectivity index (χ3n) is 6.59. The van der Waals surface area contributed by atoms with Crippen molar-refractivity contribution >= 4 is 39.1 Å². The Kier molecular flexibility index (Phi) is 6.06. The predicted octanol–water partition coefficient (Wildman–Crippen LogP) is 3.44. The molecule has 0 aliphatic carbocycles. The zero-order chi connectivity index (χ0) is 24.7. The average molecular weight is 480 g/mol. The quantitative estimate of drug-likeness (QED) is 0.441. The first kappa shape index (κ1) is 23.1. The minimum absolute atomic E-state index is 0.0831. The zero-order valence-corrected chi connectivity index (χ0v) is 20.4. The van der Waals surface area contributed by atoms with Crippen molar-refractivity contribution in [3.63, 3.8) is 0 Å². The van der Waals surface area contributed by atoms with E-state index in [0.717, 1.165) is 54.5 Å². The molecule has 1 saturated heterocycles. The summed E-state index contributed by atoms with van der Waals surface area (Å²) in [5.74, 6) is -0.730. The van der Waals surface area contributed by atoms with Crippen LogP contribution in [0, 0.1) is 5.82 Å². The molecule has 0 bridgehead atoms. The standard InChI is InChI=1S/C25H30FN7O2/c1-5-27-16-6-8-33(9-7-16)21-11-18(26)23(24-17(21)14-32(3)30-24)25(34)28-20-10-15-13-31(2)29-19(15)12-22(20)35-4/h10-14,16,27H,5-9H2,1-4H3,(H,28,34). The number of halogens is 1. The van der Waals surface area contributed by atoms with Crippen molar-refractivity contribution in [1.29, 1.82) is 0 Å². The number of aromatic nitrogens is 4. The first-order valence-corrected chi connectivity index (χ1v) is 11.8. The van der Waals surface area contributed by atoms with Gasteiger partial charge in [-0.2, -0.15) is 10.2 Å². The number of nitrogens with zero attached hydrogens (tertiary/aromatic N) is 5. The maximum absolute atomic E-state index is 15.5. The van der Waals surface area contributed by atoms with E-state index < -0.39 is 11.7 Å². The Morgan fingerprint density at radius 2 is 1.89 bits per heavy atom. The van der Waals surface area contributed by atoms with Crippen molar-refractivity contribution in [1.82, 2.24) is 24.9 Å². The number of benzene rings is 2. The van der Waals surface area contributed by atoms with Crippen molar-refractivity contribution in [3.05, 3.63) is 42.0 Å². The van der Waals surface area contributed by atoms with Crippen LogP contribution in [0.25, 0.3) is 21.8 Å². The van der Waals surface area contributed by atoms with Crippen molar-refractivity contribution in [2.75, 3.05) is 37.0 Å². The van der Waals surface area contributed by atoms with Crippen molar-refractivity contribution in [3.8, 4) is 5.75 Å².